The summed E-state index contributed by atoms with van der Waals surface area (Å²) in [5, 5.41) is 19.4. The van der Waals surface area contributed by atoms with Crippen molar-refractivity contribution in [3.63, 3.8) is 0 Å². The monoisotopic (exact) mass is 404 g/mol. The Balaban J connectivity index is 1.88. The van der Waals surface area contributed by atoms with E-state index in [0.717, 1.165) is 19.4 Å². The number of phenolic OH excluding ortho intramolecular Hbond substituents is 1. The molecule has 0 aliphatic heterocycles. The summed E-state index contributed by atoms with van der Waals surface area (Å²) < 4.78 is 7.72. The fraction of sp³-hybridized carbons (Fsp3) is 0.0556. The molecule has 0 unspecified atom stereocenters. The standard InChI is InChI=1S/C18H13BrO4S/c1-10(18(21)22)8-11-2-5-13(6-3-11)23-16-14-7-4-12(20)9-15(14)24-17(16)19/h2-9,20H,1H3,(H,21,22)/b10-8+. The molecule has 0 aliphatic rings. The predicted molar refractivity (Wildman–Crippen MR) is 99.0 cm³/mol. The topological polar surface area (TPSA) is 66.8 Å². The third-order valence-corrected chi connectivity index (χ3v) is 5.18. The number of hydrogen-bond donors (Lipinski definition) is 2. The molecular formula is C18H13BrO4S. The summed E-state index contributed by atoms with van der Waals surface area (Å²) in [4.78, 5) is 10.9. The highest BCUT2D eigenvalue weighted by molar-refractivity contribution is 9.11. The molecule has 1 heterocycles. The maximum atomic E-state index is 10.9. The molecule has 122 valence electrons. The molecule has 0 bridgehead atoms. The average molecular weight is 405 g/mol. The molecule has 6 heteroatoms. The van der Waals surface area contributed by atoms with Crippen LogP contribution in [0, 0.1) is 0 Å². The van der Waals surface area contributed by atoms with E-state index in [9.17, 15) is 9.90 Å². The zero-order chi connectivity index (χ0) is 17.3. The second-order valence-electron chi connectivity index (χ2n) is 5.19. The number of aromatic hydroxyl groups is 1. The van der Waals surface area contributed by atoms with Gasteiger partial charge in [0.1, 0.15) is 15.3 Å². The average Bonchev–Trinajstić information content (AvgIpc) is 2.84. The van der Waals surface area contributed by atoms with Gasteiger partial charge in [-0.1, -0.05) is 12.1 Å². The lowest BCUT2D eigenvalue weighted by atomic mass is 10.1. The minimum atomic E-state index is -0.938. The van der Waals surface area contributed by atoms with E-state index in [1.54, 1.807) is 49.4 Å². The summed E-state index contributed by atoms with van der Waals surface area (Å²) in [6.45, 7) is 1.55. The number of phenols is 1. The Labute approximate surface area is 150 Å². The molecule has 1 aromatic heterocycles. The van der Waals surface area contributed by atoms with Crippen molar-refractivity contribution in [1.29, 1.82) is 0 Å². The van der Waals surface area contributed by atoms with Crippen molar-refractivity contribution in [2.75, 3.05) is 0 Å². The molecule has 0 saturated carbocycles. The Morgan fingerprint density at radius 2 is 1.92 bits per heavy atom. The van der Waals surface area contributed by atoms with Crippen LogP contribution in [0.3, 0.4) is 0 Å². The SMILES string of the molecule is C/C(=C\c1ccc(Oc2c(Br)sc3cc(O)ccc23)cc1)C(=O)O. The molecule has 0 fully saturated rings. The molecule has 0 amide bonds. The van der Waals surface area contributed by atoms with Crippen LogP contribution < -0.4 is 4.74 Å². The van der Waals surface area contributed by atoms with Gasteiger partial charge in [0, 0.05) is 15.7 Å². The van der Waals surface area contributed by atoms with Crippen molar-refractivity contribution >= 4 is 49.4 Å². The first-order valence-corrected chi connectivity index (χ1v) is 8.65. The quantitative estimate of drug-likeness (QED) is 0.551. The number of rotatable bonds is 4. The number of fused-ring (bicyclic) bond motifs is 1. The lowest BCUT2D eigenvalue weighted by Gasteiger charge is -2.06. The van der Waals surface area contributed by atoms with Crippen molar-refractivity contribution in [2.24, 2.45) is 0 Å². The molecule has 0 radical (unpaired) electrons. The van der Waals surface area contributed by atoms with E-state index in [4.69, 9.17) is 9.84 Å². The molecule has 0 aliphatic carbocycles. The van der Waals surface area contributed by atoms with Gasteiger partial charge < -0.3 is 14.9 Å². The van der Waals surface area contributed by atoms with Gasteiger partial charge in [0.25, 0.3) is 0 Å². The third kappa shape index (κ3) is 3.44. The number of benzene rings is 2. The van der Waals surface area contributed by atoms with Gasteiger partial charge in [-0.25, -0.2) is 4.79 Å². The lowest BCUT2D eigenvalue weighted by molar-refractivity contribution is -0.132. The number of carboxylic acid groups (broad SMARTS) is 1. The van der Waals surface area contributed by atoms with Crippen LogP contribution in [0.1, 0.15) is 12.5 Å². The highest BCUT2D eigenvalue weighted by Gasteiger charge is 2.13. The smallest absolute Gasteiger partial charge is 0.331 e. The molecule has 0 spiro atoms. The van der Waals surface area contributed by atoms with E-state index in [2.05, 4.69) is 15.9 Å². The van der Waals surface area contributed by atoms with Crippen molar-refractivity contribution in [1.82, 2.24) is 0 Å². The molecule has 2 aromatic carbocycles. The molecule has 24 heavy (non-hydrogen) atoms. The van der Waals surface area contributed by atoms with Crippen LogP contribution in [-0.2, 0) is 4.79 Å². The van der Waals surface area contributed by atoms with E-state index in [-0.39, 0.29) is 11.3 Å². The normalized spacial score (nSPS) is 11.7. The number of thiophene rings is 1. The highest BCUT2D eigenvalue weighted by atomic mass is 79.9. The summed E-state index contributed by atoms with van der Waals surface area (Å²) in [6, 6.07) is 12.3. The number of ether oxygens (including phenoxy) is 1. The lowest BCUT2D eigenvalue weighted by Crippen LogP contribution is -1.95. The van der Waals surface area contributed by atoms with E-state index >= 15 is 0 Å². The zero-order valence-electron chi connectivity index (χ0n) is 12.6. The van der Waals surface area contributed by atoms with Gasteiger partial charge in [-0.2, -0.15) is 0 Å². The molecule has 3 rings (SSSR count). The second kappa shape index (κ2) is 6.67. The van der Waals surface area contributed by atoms with Crippen LogP contribution in [0.25, 0.3) is 16.2 Å². The van der Waals surface area contributed by atoms with Crippen LogP contribution >= 0.6 is 27.3 Å². The number of hydrogen-bond acceptors (Lipinski definition) is 4. The Hall–Kier alpha value is -2.31. The maximum absolute atomic E-state index is 10.9. The van der Waals surface area contributed by atoms with E-state index in [1.165, 1.54) is 11.3 Å². The fourth-order valence-electron chi connectivity index (χ4n) is 2.19. The van der Waals surface area contributed by atoms with Gasteiger partial charge in [-0.15, -0.1) is 11.3 Å². The van der Waals surface area contributed by atoms with Crippen molar-refractivity contribution in [3.8, 4) is 17.2 Å². The molecule has 2 N–H and O–H groups in total. The van der Waals surface area contributed by atoms with Gasteiger partial charge in [-0.05, 0) is 64.8 Å². The number of carboxylic acids is 1. The summed E-state index contributed by atoms with van der Waals surface area (Å²) in [5.41, 5.74) is 1.07. The summed E-state index contributed by atoms with van der Waals surface area (Å²) in [7, 11) is 0. The first kappa shape index (κ1) is 16.5. The fourth-order valence-corrected chi connectivity index (χ4v) is 3.89. The van der Waals surface area contributed by atoms with Crippen LogP contribution in [0.5, 0.6) is 17.2 Å². The minimum Gasteiger partial charge on any atom is -0.508 e. The third-order valence-electron chi connectivity index (χ3n) is 3.41. The molecular weight excluding hydrogens is 392 g/mol. The number of aliphatic carboxylic acids is 1. The first-order chi connectivity index (χ1) is 11.4. The molecule has 0 atom stereocenters. The van der Waals surface area contributed by atoms with Gasteiger partial charge in [0.15, 0.2) is 5.75 Å². The zero-order valence-corrected chi connectivity index (χ0v) is 15.0. The van der Waals surface area contributed by atoms with Crippen molar-refractivity contribution in [2.45, 2.75) is 6.92 Å². The van der Waals surface area contributed by atoms with Crippen LogP contribution in [0.4, 0.5) is 0 Å². The van der Waals surface area contributed by atoms with Crippen LogP contribution in [0.15, 0.2) is 51.8 Å². The van der Waals surface area contributed by atoms with Crippen LogP contribution in [0.2, 0.25) is 0 Å². The van der Waals surface area contributed by atoms with Gasteiger partial charge in [0.2, 0.25) is 0 Å². The van der Waals surface area contributed by atoms with Crippen LogP contribution in [-0.4, -0.2) is 16.2 Å². The summed E-state index contributed by atoms with van der Waals surface area (Å²) in [5.74, 6) is 0.619. The van der Waals surface area contributed by atoms with Gasteiger partial charge >= 0.3 is 5.97 Å². The predicted octanol–water partition coefficient (Wildman–Crippen LogP) is 5.65. The van der Waals surface area contributed by atoms with Crippen molar-refractivity contribution < 1.29 is 19.7 Å². The Kier molecular flexibility index (Phi) is 4.59. The first-order valence-electron chi connectivity index (χ1n) is 7.04. The van der Waals surface area contributed by atoms with E-state index in [1.807, 2.05) is 6.07 Å². The Morgan fingerprint density at radius 3 is 2.58 bits per heavy atom. The Bertz CT molecular complexity index is 942. The summed E-state index contributed by atoms with van der Waals surface area (Å²) >= 11 is 4.98. The second-order valence-corrected chi connectivity index (χ2v) is 7.56. The van der Waals surface area contributed by atoms with Gasteiger partial charge in [0.05, 0.1) is 0 Å². The largest absolute Gasteiger partial charge is 0.508 e. The maximum Gasteiger partial charge on any atom is 0.331 e. The molecule has 4 nitrogen and oxygen atoms in total. The number of carbonyl (C=O) groups is 1. The van der Waals surface area contributed by atoms with Gasteiger partial charge in [-0.3, -0.25) is 0 Å². The van der Waals surface area contributed by atoms with E-state index in [0.29, 0.717) is 11.5 Å². The highest BCUT2D eigenvalue weighted by Crippen LogP contribution is 2.44. The van der Waals surface area contributed by atoms with Crippen molar-refractivity contribution in [3.05, 3.63) is 57.4 Å². The summed E-state index contributed by atoms with van der Waals surface area (Å²) in [6.07, 6.45) is 1.60. The molecule has 3 aromatic rings. The number of halogens is 1. The molecule has 0 saturated heterocycles. The van der Waals surface area contributed by atoms with E-state index < -0.39 is 5.97 Å². The minimum absolute atomic E-state index is 0.216. The Morgan fingerprint density at radius 1 is 1.21 bits per heavy atom.